The summed E-state index contributed by atoms with van der Waals surface area (Å²) in [6.07, 6.45) is 2.79. The van der Waals surface area contributed by atoms with Crippen LogP contribution in [0, 0.1) is 0 Å². The van der Waals surface area contributed by atoms with Crippen LogP contribution in [0.15, 0.2) is 48.7 Å². The lowest BCUT2D eigenvalue weighted by Crippen LogP contribution is -2.24. The predicted molar refractivity (Wildman–Crippen MR) is 101 cm³/mol. The van der Waals surface area contributed by atoms with Crippen molar-refractivity contribution >= 4 is 0 Å². The Morgan fingerprint density at radius 1 is 1.04 bits per heavy atom. The van der Waals surface area contributed by atoms with Gasteiger partial charge in [0.1, 0.15) is 0 Å². The molecule has 0 unspecified atom stereocenters. The molecule has 0 fully saturated rings. The van der Waals surface area contributed by atoms with Crippen LogP contribution < -0.4 is 5.32 Å². The highest BCUT2D eigenvalue weighted by Crippen LogP contribution is 2.31. The van der Waals surface area contributed by atoms with E-state index < -0.39 is 0 Å². The minimum absolute atomic E-state index is 0.160. The largest absolute Gasteiger partial charge is 0.312 e. The first-order valence-electron chi connectivity index (χ1n) is 8.88. The third-order valence-corrected chi connectivity index (χ3v) is 4.82. The number of hydrogen-bond acceptors (Lipinski definition) is 3. The zero-order chi connectivity index (χ0) is 17.4. The molecule has 0 aliphatic carbocycles. The van der Waals surface area contributed by atoms with Crippen molar-refractivity contribution in [1.82, 2.24) is 20.1 Å². The minimum Gasteiger partial charge on any atom is -0.312 e. The Labute approximate surface area is 148 Å². The maximum Gasteiger partial charge on any atom is 0.153 e. The minimum atomic E-state index is 0.160. The number of pyridine rings is 1. The normalized spacial score (nSPS) is 14.4. The molecule has 1 aromatic carbocycles. The number of fused-ring (bicyclic) bond motifs is 1. The highest BCUT2D eigenvalue weighted by Gasteiger charge is 2.23. The van der Waals surface area contributed by atoms with E-state index in [9.17, 15) is 0 Å². The number of benzene rings is 1. The first-order valence-corrected chi connectivity index (χ1v) is 8.88. The van der Waals surface area contributed by atoms with Gasteiger partial charge in [0.05, 0.1) is 11.4 Å². The topological polar surface area (TPSA) is 42.7 Å². The van der Waals surface area contributed by atoms with Crippen LogP contribution in [0.2, 0.25) is 0 Å². The van der Waals surface area contributed by atoms with Crippen LogP contribution in [-0.4, -0.2) is 21.3 Å². The average molecular weight is 332 g/mol. The molecule has 1 aliphatic heterocycles. The molecular weight excluding hydrogens is 308 g/mol. The second kappa shape index (κ2) is 6.12. The van der Waals surface area contributed by atoms with Gasteiger partial charge in [0.25, 0.3) is 0 Å². The summed E-state index contributed by atoms with van der Waals surface area (Å²) in [4.78, 5) is 4.49. The van der Waals surface area contributed by atoms with Gasteiger partial charge in [0.2, 0.25) is 0 Å². The third kappa shape index (κ3) is 2.98. The Hall–Kier alpha value is -2.46. The SMILES string of the molecule is CC(C)(C)c1ccc(-c2nn(-c3ccccn3)c3c2CNCC3)cc1. The lowest BCUT2D eigenvalue weighted by molar-refractivity contribution is 0.590. The number of nitrogens with zero attached hydrogens (tertiary/aromatic N) is 3. The predicted octanol–water partition coefficient (Wildman–Crippen LogP) is 3.88. The Balaban J connectivity index is 1.81. The lowest BCUT2D eigenvalue weighted by atomic mass is 9.86. The molecule has 0 amide bonds. The molecule has 25 heavy (non-hydrogen) atoms. The van der Waals surface area contributed by atoms with Crippen LogP contribution in [0.25, 0.3) is 17.1 Å². The van der Waals surface area contributed by atoms with E-state index in [0.29, 0.717) is 0 Å². The molecular formula is C21H24N4. The summed E-state index contributed by atoms with van der Waals surface area (Å²) in [6, 6.07) is 14.8. The van der Waals surface area contributed by atoms with Crippen LogP contribution in [-0.2, 0) is 18.4 Å². The molecule has 0 radical (unpaired) electrons. The second-order valence-electron chi connectivity index (χ2n) is 7.63. The quantitative estimate of drug-likeness (QED) is 0.774. The van der Waals surface area contributed by atoms with E-state index in [-0.39, 0.29) is 5.41 Å². The Bertz CT molecular complexity index is 871. The van der Waals surface area contributed by atoms with Crippen molar-refractivity contribution < 1.29 is 0 Å². The van der Waals surface area contributed by atoms with Crippen LogP contribution >= 0.6 is 0 Å². The molecule has 1 N–H and O–H groups in total. The molecule has 4 heteroatoms. The Kier molecular flexibility index (Phi) is 3.92. The van der Waals surface area contributed by atoms with Crippen molar-refractivity contribution in [3.8, 4) is 17.1 Å². The molecule has 3 heterocycles. The molecule has 4 nitrogen and oxygen atoms in total. The van der Waals surface area contributed by atoms with E-state index in [2.05, 4.69) is 55.3 Å². The van der Waals surface area contributed by atoms with E-state index in [0.717, 1.165) is 31.0 Å². The first kappa shape index (κ1) is 16.0. The van der Waals surface area contributed by atoms with Gasteiger partial charge in [-0.15, -0.1) is 0 Å². The van der Waals surface area contributed by atoms with Gasteiger partial charge in [-0.1, -0.05) is 51.1 Å². The smallest absolute Gasteiger partial charge is 0.153 e. The zero-order valence-electron chi connectivity index (χ0n) is 15.1. The summed E-state index contributed by atoms with van der Waals surface area (Å²) in [7, 11) is 0. The van der Waals surface area contributed by atoms with E-state index >= 15 is 0 Å². The molecule has 0 saturated heterocycles. The summed E-state index contributed by atoms with van der Waals surface area (Å²) in [5.41, 5.74) is 6.29. The maximum atomic E-state index is 4.94. The number of hydrogen-bond donors (Lipinski definition) is 1. The Morgan fingerprint density at radius 2 is 1.84 bits per heavy atom. The second-order valence-corrected chi connectivity index (χ2v) is 7.63. The first-order chi connectivity index (χ1) is 12.0. The Morgan fingerprint density at radius 3 is 2.52 bits per heavy atom. The number of nitrogens with one attached hydrogen (secondary N) is 1. The molecule has 0 atom stereocenters. The van der Waals surface area contributed by atoms with E-state index in [1.807, 2.05) is 29.1 Å². The standard InChI is InChI=1S/C21H24N4/c1-21(2,3)16-9-7-15(8-10-16)20-17-14-22-13-11-18(17)25(24-20)19-6-4-5-12-23-19/h4-10,12,22H,11,13-14H2,1-3H3. The van der Waals surface area contributed by atoms with Crippen molar-refractivity contribution in [1.29, 1.82) is 0 Å². The molecule has 2 aromatic heterocycles. The molecule has 128 valence electrons. The van der Waals surface area contributed by atoms with Gasteiger partial charge in [-0.05, 0) is 23.1 Å². The van der Waals surface area contributed by atoms with Crippen LogP contribution in [0.3, 0.4) is 0 Å². The summed E-state index contributed by atoms with van der Waals surface area (Å²) in [5, 5.41) is 8.42. The van der Waals surface area contributed by atoms with Crippen molar-refractivity contribution in [3.63, 3.8) is 0 Å². The van der Waals surface area contributed by atoms with Crippen LogP contribution in [0.5, 0.6) is 0 Å². The van der Waals surface area contributed by atoms with Crippen molar-refractivity contribution in [3.05, 3.63) is 65.5 Å². The summed E-state index contributed by atoms with van der Waals surface area (Å²) >= 11 is 0. The zero-order valence-corrected chi connectivity index (χ0v) is 15.1. The summed E-state index contributed by atoms with van der Waals surface area (Å²) in [6.45, 7) is 8.56. The van der Waals surface area contributed by atoms with E-state index in [4.69, 9.17) is 5.10 Å². The fourth-order valence-electron chi connectivity index (χ4n) is 3.38. The third-order valence-electron chi connectivity index (χ3n) is 4.82. The van der Waals surface area contributed by atoms with Crippen molar-refractivity contribution in [2.45, 2.75) is 39.2 Å². The summed E-state index contributed by atoms with van der Waals surface area (Å²) in [5.74, 6) is 0.887. The van der Waals surface area contributed by atoms with Crippen molar-refractivity contribution in [2.75, 3.05) is 6.54 Å². The lowest BCUT2D eigenvalue weighted by Gasteiger charge is -2.19. The van der Waals surface area contributed by atoms with Crippen molar-refractivity contribution in [2.24, 2.45) is 0 Å². The summed E-state index contributed by atoms with van der Waals surface area (Å²) < 4.78 is 2.02. The average Bonchev–Trinajstić information content (AvgIpc) is 3.02. The van der Waals surface area contributed by atoms with E-state index in [1.165, 1.54) is 22.4 Å². The molecule has 3 aromatic rings. The fraction of sp³-hybridized carbons (Fsp3) is 0.333. The number of rotatable bonds is 2. The van der Waals surface area contributed by atoms with Gasteiger partial charge in [-0.3, -0.25) is 0 Å². The van der Waals surface area contributed by atoms with Gasteiger partial charge in [0.15, 0.2) is 5.82 Å². The monoisotopic (exact) mass is 332 g/mol. The number of aromatic nitrogens is 3. The molecule has 0 spiro atoms. The van der Waals surface area contributed by atoms with Gasteiger partial charge in [-0.25, -0.2) is 9.67 Å². The molecule has 0 saturated carbocycles. The fourth-order valence-corrected chi connectivity index (χ4v) is 3.38. The van der Waals surface area contributed by atoms with Crippen LogP contribution in [0.1, 0.15) is 37.6 Å². The maximum absolute atomic E-state index is 4.94. The highest BCUT2D eigenvalue weighted by atomic mass is 15.3. The van der Waals surface area contributed by atoms with E-state index in [1.54, 1.807) is 0 Å². The molecule has 0 bridgehead atoms. The highest BCUT2D eigenvalue weighted by molar-refractivity contribution is 5.65. The molecule has 4 rings (SSSR count). The van der Waals surface area contributed by atoms with Gasteiger partial charge in [-0.2, -0.15) is 5.10 Å². The van der Waals surface area contributed by atoms with Gasteiger partial charge >= 0.3 is 0 Å². The van der Waals surface area contributed by atoms with Gasteiger partial charge < -0.3 is 5.32 Å². The van der Waals surface area contributed by atoms with Gasteiger partial charge in [0, 0.05) is 36.8 Å². The van der Waals surface area contributed by atoms with Crippen LogP contribution in [0.4, 0.5) is 0 Å². The molecule has 1 aliphatic rings.